The first kappa shape index (κ1) is 37.0. The molecule has 276 valence electrons. The summed E-state index contributed by atoms with van der Waals surface area (Å²) in [7, 11) is 0. The second kappa shape index (κ2) is 12.5. The van der Waals surface area contributed by atoms with Crippen molar-refractivity contribution in [2.45, 2.75) is 158 Å². The van der Waals surface area contributed by atoms with Gasteiger partial charge in [-0.3, -0.25) is 14.4 Å². The van der Waals surface area contributed by atoms with Gasteiger partial charge in [0.1, 0.15) is 6.10 Å². The van der Waals surface area contributed by atoms with Crippen LogP contribution in [-0.4, -0.2) is 64.7 Å². The van der Waals surface area contributed by atoms with Crippen LogP contribution in [-0.2, 0) is 19.1 Å². The molecule has 5 fully saturated rings. The molecule has 0 aromatic carbocycles. The maximum absolute atomic E-state index is 14.0. The average Bonchev–Trinajstić information content (AvgIpc) is 3.30. The number of aliphatic carboxylic acids is 1. The second-order valence-corrected chi connectivity index (χ2v) is 20.0. The summed E-state index contributed by atoms with van der Waals surface area (Å²) in [5.74, 6) is 0.671. The van der Waals surface area contributed by atoms with Gasteiger partial charge in [-0.25, -0.2) is 0 Å². The van der Waals surface area contributed by atoms with Gasteiger partial charge >= 0.3 is 11.9 Å². The molecule has 0 aromatic heterocycles. The Kier molecular flexibility index (Phi) is 9.41. The van der Waals surface area contributed by atoms with Crippen LogP contribution in [0.5, 0.6) is 0 Å². The summed E-state index contributed by atoms with van der Waals surface area (Å²) in [4.78, 5) is 41.2. The third kappa shape index (κ3) is 5.78. The van der Waals surface area contributed by atoms with E-state index in [1.165, 1.54) is 12.8 Å². The molecule has 1 saturated heterocycles. The number of aliphatic hydroxyl groups is 1. The molecule has 0 amide bonds. The molecule has 4 saturated carbocycles. The minimum Gasteiger partial charge on any atom is -0.481 e. The van der Waals surface area contributed by atoms with E-state index >= 15 is 0 Å². The van der Waals surface area contributed by atoms with E-state index in [9.17, 15) is 24.6 Å². The summed E-state index contributed by atoms with van der Waals surface area (Å²) in [5, 5.41) is 20.0. The number of aliphatic hydroxyl groups excluding tert-OH is 1. The molecule has 0 bridgehead atoms. The lowest BCUT2D eigenvalue weighted by molar-refractivity contribution is -0.233. The molecule has 0 radical (unpaired) electrons. The Balaban J connectivity index is 1.27. The molecule has 2 N–H and O–H groups in total. The molecule has 1 aliphatic heterocycles. The lowest BCUT2D eigenvalue weighted by Gasteiger charge is -2.72. The molecule has 0 spiro atoms. The van der Waals surface area contributed by atoms with E-state index in [0.29, 0.717) is 30.0 Å². The Labute approximate surface area is 296 Å². The van der Waals surface area contributed by atoms with Gasteiger partial charge in [-0.2, -0.15) is 0 Å². The zero-order valence-corrected chi connectivity index (χ0v) is 32.3. The molecule has 7 nitrogen and oxygen atoms in total. The minimum absolute atomic E-state index is 0.0350. The van der Waals surface area contributed by atoms with Gasteiger partial charge in [0.25, 0.3) is 0 Å². The molecule has 5 aliphatic carbocycles. The van der Waals surface area contributed by atoms with Crippen LogP contribution in [0, 0.1) is 56.2 Å². The highest BCUT2D eigenvalue weighted by Gasteiger charge is 2.70. The number of fused-ring (bicyclic) bond motifs is 7. The summed E-state index contributed by atoms with van der Waals surface area (Å²) in [6, 6.07) is 0. The van der Waals surface area contributed by atoms with Crippen LogP contribution in [0.4, 0.5) is 0 Å². The standard InChI is InChI=1S/C42H67NO6/c1-26(2)34-29(45)23-42(20-22-43-21-10-11-27(44)25-43)19-18-40(8)28(35(34)42)12-13-31-39(7)16-15-32(49-33(46)24-37(3,4)36(47)48)38(5,6)30(39)14-17-41(31,40)9/h26-28,30-32,44H,10-25H2,1-9H3,(H,47,48)/t27-,28-,30?,31?,32+,39+,40-,41-,42-/m1/s1. The van der Waals surface area contributed by atoms with Gasteiger partial charge in [0, 0.05) is 23.8 Å². The molecule has 9 atom stereocenters. The second-order valence-electron chi connectivity index (χ2n) is 20.0. The number of carbonyl (C=O) groups excluding carboxylic acids is 2. The van der Waals surface area contributed by atoms with Gasteiger partial charge in [-0.15, -0.1) is 0 Å². The first-order valence-electron chi connectivity index (χ1n) is 19.8. The number of ketones is 1. The fraction of sp³-hybridized carbons (Fsp3) is 0.881. The highest BCUT2D eigenvalue weighted by Crippen LogP contribution is 2.77. The topological polar surface area (TPSA) is 104 Å². The number of carbonyl (C=O) groups is 3. The van der Waals surface area contributed by atoms with Crippen LogP contribution in [0.3, 0.4) is 0 Å². The highest BCUT2D eigenvalue weighted by atomic mass is 16.5. The first-order valence-corrected chi connectivity index (χ1v) is 19.8. The molecular formula is C42H67NO6. The zero-order valence-electron chi connectivity index (χ0n) is 32.3. The van der Waals surface area contributed by atoms with Crippen LogP contribution in [0.15, 0.2) is 11.1 Å². The number of ether oxygens (including phenoxy) is 1. The Hall–Kier alpha value is -1.73. The van der Waals surface area contributed by atoms with Crippen molar-refractivity contribution in [3.05, 3.63) is 11.1 Å². The van der Waals surface area contributed by atoms with Crippen LogP contribution in [0.2, 0.25) is 0 Å². The van der Waals surface area contributed by atoms with Gasteiger partial charge in [-0.1, -0.05) is 54.0 Å². The Morgan fingerprint density at radius 2 is 1.65 bits per heavy atom. The molecule has 6 rings (SSSR count). The summed E-state index contributed by atoms with van der Waals surface area (Å²) >= 11 is 0. The smallest absolute Gasteiger partial charge is 0.309 e. The largest absolute Gasteiger partial charge is 0.481 e. The fourth-order valence-corrected chi connectivity index (χ4v) is 13.5. The molecule has 7 heteroatoms. The monoisotopic (exact) mass is 681 g/mol. The van der Waals surface area contributed by atoms with Gasteiger partial charge in [0.15, 0.2) is 5.78 Å². The number of hydrogen-bond acceptors (Lipinski definition) is 6. The van der Waals surface area contributed by atoms with Crippen LogP contribution in [0.25, 0.3) is 0 Å². The Bertz CT molecular complexity index is 1380. The van der Waals surface area contributed by atoms with Gasteiger partial charge in [0.2, 0.25) is 0 Å². The van der Waals surface area contributed by atoms with Crippen LogP contribution < -0.4 is 0 Å². The van der Waals surface area contributed by atoms with Gasteiger partial charge < -0.3 is 19.8 Å². The SMILES string of the molecule is CC(C)C1=C2[C@H]3CCC4[C@@]5(C)CC[C@H](OC(=O)CC(C)(C)C(=O)O)C(C)(C)C5CC[C@@]4(C)[C@]3(C)CC[C@@]2(CCN2CCC[C@@H](O)C2)CC1=O. The van der Waals surface area contributed by atoms with Crippen molar-refractivity contribution >= 4 is 17.7 Å². The number of carboxylic acids is 1. The van der Waals surface area contributed by atoms with Gasteiger partial charge in [-0.05, 0) is 143 Å². The number of β-amino-alcohol motifs (C(OH)–C–C–N with tert-alkyl or cyclic N) is 1. The normalized spacial score (nSPS) is 42.3. The van der Waals surface area contributed by atoms with E-state index in [1.54, 1.807) is 19.4 Å². The summed E-state index contributed by atoms with van der Waals surface area (Å²) in [5.41, 5.74) is 1.71. The van der Waals surface area contributed by atoms with Crippen LogP contribution in [0.1, 0.15) is 146 Å². The van der Waals surface area contributed by atoms with Crippen molar-refractivity contribution in [3.8, 4) is 0 Å². The minimum atomic E-state index is -1.15. The predicted molar refractivity (Wildman–Crippen MR) is 192 cm³/mol. The number of nitrogens with zero attached hydrogens (tertiary/aromatic N) is 1. The molecule has 6 aliphatic rings. The van der Waals surface area contributed by atoms with Gasteiger partial charge in [0.05, 0.1) is 17.9 Å². The van der Waals surface area contributed by atoms with Crippen LogP contribution >= 0.6 is 0 Å². The number of esters is 1. The number of piperidine rings is 1. The Morgan fingerprint density at radius 3 is 2.31 bits per heavy atom. The molecule has 2 unspecified atom stereocenters. The molecule has 1 heterocycles. The number of likely N-dealkylation sites (tertiary alicyclic amines) is 1. The van der Waals surface area contributed by atoms with E-state index in [0.717, 1.165) is 83.0 Å². The molecular weight excluding hydrogens is 614 g/mol. The third-order valence-electron chi connectivity index (χ3n) is 16.3. The third-order valence-corrected chi connectivity index (χ3v) is 16.3. The van der Waals surface area contributed by atoms with Crippen molar-refractivity contribution in [2.24, 2.45) is 56.2 Å². The van der Waals surface area contributed by atoms with E-state index in [2.05, 4.69) is 53.4 Å². The summed E-state index contributed by atoms with van der Waals surface area (Å²) < 4.78 is 6.17. The van der Waals surface area contributed by atoms with Crippen molar-refractivity contribution < 1.29 is 29.3 Å². The lowest BCUT2D eigenvalue weighted by Crippen LogP contribution is -2.65. The molecule has 49 heavy (non-hydrogen) atoms. The number of Topliss-reactive ketones (excluding diaryl/α,β-unsaturated/α-hetero) is 1. The fourth-order valence-electron chi connectivity index (χ4n) is 13.5. The maximum atomic E-state index is 14.0. The van der Waals surface area contributed by atoms with Crippen molar-refractivity contribution in [2.75, 3.05) is 19.6 Å². The lowest BCUT2D eigenvalue weighted by atomic mass is 9.33. The van der Waals surface area contributed by atoms with Crippen molar-refractivity contribution in [1.82, 2.24) is 4.90 Å². The number of hydrogen-bond donors (Lipinski definition) is 2. The molecule has 0 aromatic rings. The van der Waals surface area contributed by atoms with Crippen molar-refractivity contribution in [1.29, 1.82) is 0 Å². The van der Waals surface area contributed by atoms with E-state index < -0.39 is 17.4 Å². The zero-order chi connectivity index (χ0) is 35.9. The predicted octanol–water partition coefficient (Wildman–Crippen LogP) is 8.23. The highest BCUT2D eigenvalue weighted by molar-refractivity contribution is 6.00. The number of carboxylic acid groups (broad SMARTS) is 1. The number of rotatable bonds is 8. The maximum Gasteiger partial charge on any atom is 0.309 e. The average molecular weight is 682 g/mol. The number of allylic oxidation sites excluding steroid dienone is 2. The Morgan fingerprint density at radius 1 is 0.939 bits per heavy atom. The quantitative estimate of drug-likeness (QED) is 0.249. The summed E-state index contributed by atoms with van der Waals surface area (Å²) in [6.07, 6.45) is 11.8. The van der Waals surface area contributed by atoms with E-state index in [4.69, 9.17) is 4.74 Å². The first-order chi connectivity index (χ1) is 22.7. The van der Waals surface area contributed by atoms with E-state index in [-0.39, 0.29) is 51.6 Å². The summed E-state index contributed by atoms with van der Waals surface area (Å²) in [6.45, 7) is 22.8. The van der Waals surface area contributed by atoms with Crippen molar-refractivity contribution in [3.63, 3.8) is 0 Å². The van der Waals surface area contributed by atoms with E-state index in [1.807, 2.05) is 0 Å².